The molecular formula is C23H33N3O3. The first kappa shape index (κ1) is 19.5. The van der Waals surface area contributed by atoms with Crippen LogP contribution in [0.4, 0.5) is 0 Å². The zero-order valence-electron chi connectivity index (χ0n) is 17.4. The Morgan fingerprint density at radius 1 is 1.24 bits per heavy atom. The van der Waals surface area contributed by atoms with E-state index in [1.165, 1.54) is 38.6 Å². The first-order valence-electron chi connectivity index (χ1n) is 11.3. The zero-order valence-corrected chi connectivity index (χ0v) is 17.4. The van der Waals surface area contributed by atoms with Crippen molar-refractivity contribution in [2.24, 2.45) is 23.5 Å². The van der Waals surface area contributed by atoms with Crippen molar-refractivity contribution in [3.63, 3.8) is 0 Å². The smallest absolute Gasteiger partial charge is 0.267 e. The molecule has 4 bridgehead atoms. The number of carbonyl (C=O) groups excluding carboxylic acids is 1. The van der Waals surface area contributed by atoms with Gasteiger partial charge in [-0.1, -0.05) is 6.42 Å². The third kappa shape index (κ3) is 3.39. The Morgan fingerprint density at radius 3 is 2.55 bits per heavy atom. The number of hydrogen-bond acceptors (Lipinski definition) is 5. The maximum absolute atomic E-state index is 11.7. The molecule has 0 aromatic carbocycles. The van der Waals surface area contributed by atoms with Crippen molar-refractivity contribution in [1.82, 2.24) is 9.88 Å². The van der Waals surface area contributed by atoms with Crippen LogP contribution in [-0.2, 0) is 15.1 Å². The second-order valence-electron chi connectivity index (χ2n) is 9.63. The number of pyridine rings is 1. The van der Waals surface area contributed by atoms with E-state index in [1.807, 2.05) is 19.2 Å². The van der Waals surface area contributed by atoms with E-state index in [1.54, 1.807) is 6.20 Å². The Bertz CT molecular complexity index is 743. The molecule has 2 N–H and O–H groups in total. The predicted molar refractivity (Wildman–Crippen MR) is 109 cm³/mol. The van der Waals surface area contributed by atoms with Gasteiger partial charge in [0.05, 0.1) is 12.2 Å². The van der Waals surface area contributed by atoms with Crippen molar-refractivity contribution in [1.29, 1.82) is 0 Å². The van der Waals surface area contributed by atoms with E-state index in [0.717, 1.165) is 37.4 Å². The molecule has 2 unspecified atom stereocenters. The van der Waals surface area contributed by atoms with Crippen LogP contribution in [0.25, 0.3) is 0 Å². The van der Waals surface area contributed by atoms with Gasteiger partial charge in [0.2, 0.25) is 0 Å². The number of fused-ring (bicyclic) bond motifs is 4. The van der Waals surface area contributed by atoms with Crippen LogP contribution in [0.15, 0.2) is 18.3 Å². The normalized spacial score (nSPS) is 39.4. The Hall–Kier alpha value is -1.50. The van der Waals surface area contributed by atoms with Crippen molar-refractivity contribution in [2.75, 3.05) is 26.7 Å². The van der Waals surface area contributed by atoms with Gasteiger partial charge in [-0.2, -0.15) is 0 Å². The minimum Gasteiger partial charge on any atom is -0.375 e. The summed E-state index contributed by atoms with van der Waals surface area (Å²) < 4.78 is 12.4. The molecular weight excluding hydrogens is 366 g/mol. The van der Waals surface area contributed by atoms with Gasteiger partial charge in [0, 0.05) is 44.8 Å². The molecule has 5 rings (SSSR count). The SMILES string of the molecule is COC1(c2ccnc(C(N)=O)c2)C2CCCC1CN(CC1C[C@@H]3CC[C@@H](C1)O3)C2. The molecule has 0 radical (unpaired) electrons. The number of nitrogens with two attached hydrogens (primary N) is 1. The van der Waals surface area contributed by atoms with E-state index >= 15 is 0 Å². The molecule has 1 saturated carbocycles. The van der Waals surface area contributed by atoms with Crippen LogP contribution >= 0.6 is 0 Å². The summed E-state index contributed by atoms with van der Waals surface area (Å²) in [7, 11) is 1.83. The molecule has 3 aliphatic heterocycles. The van der Waals surface area contributed by atoms with E-state index in [4.69, 9.17) is 15.2 Å². The highest BCUT2D eigenvalue weighted by atomic mass is 16.5. The molecule has 0 spiro atoms. The van der Waals surface area contributed by atoms with Crippen LogP contribution in [-0.4, -0.2) is 54.7 Å². The van der Waals surface area contributed by atoms with Gasteiger partial charge >= 0.3 is 0 Å². The van der Waals surface area contributed by atoms with E-state index in [0.29, 0.717) is 29.7 Å². The summed E-state index contributed by atoms with van der Waals surface area (Å²) in [5.41, 5.74) is 6.57. The van der Waals surface area contributed by atoms with Crippen LogP contribution < -0.4 is 5.73 Å². The number of nitrogens with zero attached hydrogens (tertiary/aromatic N) is 2. The fraction of sp³-hybridized carbons (Fsp3) is 0.739. The molecule has 4 heterocycles. The standard InChI is InChI=1S/C23H33N3O3/c1-28-23(16-7-8-25-21(11-16)22(24)27)17-3-2-4-18(23)14-26(13-17)12-15-9-19-5-6-20(10-15)29-19/h7-8,11,15,17-20H,2-6,9-10,12-14H2,1H3,(H2,24,27)/t17?,18?,19-,20-,23?/m0/s1. The number of ether oxygens (including phenoxy) is 2. The minimum absolute atomic E-state index is 0.331. The van der Waals surface area contributed by atoms with Gasteiger partial charge in [0.1, 0.15) is 11.3 Å². The van der Waals surface area contributed by atoms with E-state index in [9.17, 15) is 4.79 Å². The molecule has 1 amide bonds. The molecule has 29 heavy (non-hydrogen) atoms. The van der Waals surface area contributed by atoms with Crippen molar-refractivity contribution in [3.05, 3.63) is 29.6 Å². The number of primary amides is 1. The van der Waals surface area contributed by atoms with Crippen LogP contribution in [0.2, 0.25) is 0 Å². The van der Waals surface area contributed by atoms with Crippen LogP contribution in [0.1, 0.15) is 61.0 Å². The molecule has 4 fully saturated rings. The second kappa shape index (κ2) is 7.64. The van der Waals surface area contributed by atoms with Crippen LogP contribution in [0, 0.1) is 17.8 Å². The lowest BCUT2D eigenvalue weighted by Crippen LogP contribution is -2.59. The van der Waals surface area contributed by atoms with Gasteiger partial charge in [0.25, 0.3) is 5.91 Å². The summed E-state index contributed by atoms with van der Waals surface area (Å²) in [6.45, 7) is 3.31. The van der Waals surface area contributed by atoms with Crippen molar-refractivity contribution in [3.8, 4) is 0 Å². The third-order valence-electron chi connectivity index (χ3n) is 7.98. The summed E-state index contributed by atoms with van der Waals surface area (Å²) in [5.74, 6) is 1.15. The van der Waals surface area contributed by atoms with Gasteiger partial charge < -0.3 is 20.1 Å². The molecule has 6 nitrogen and oxygen atoms in total. The predicted octanol–water partition coefficient (Wildman–Crippen LogP) is 2.71. The number of likely N-dealkylation sites (tertiary alicyclic amines) is 1. The summed E-state index contributed by atoms with van der Waals surface area (Å²) in [5, 5.41) is 0. The summed E-state index contributed by atoms with van der Waals surface area (Å²) in [6, 6.07) is 3.88. The maximum atomic E-state index is 11.7. The summed E-state index contributed by atoms with van der Waals surface area (Å²) in [4.78, 5) is 18.6. The quantitative estimate of drug-likeness (QED) is 0.824. The molecule has 158 valence electrons. The average molecular weight is 400 g/mol. The largest absolute Gasteiger partial charge is 0.375 e. The third-order valence-corrected chi connectivity index (χ3v) is 7.98. The minimum atomic E-state index is -0.477. The number of carbonyl (C=O) groups is 1. The maximum Gasteiger partial charge on any atom is 0.267 e. The zero-order chi connectivity index (χ0) is 20.0. The number of amides is 1. The number of methoxy groups -OCH3 is 1. The number of hydrogen-bond donors (Lipinski definition) is 1. The second-order valence-corrected chi connectivity index (χ2v) is 9.63. The lowest BCUT2D eigenvalue weighted by Gasteiger charge is -2.56. The van der Waals surface area contributed by atoms with Crippen molar-refractivity contribution < 1.29 is 14.3 Å². The lowest BCUT2D eigenvalue weighted by molar-refractivity contribution is -0.171. The summed E-state index contributed by atoms with van der Waals surface area (Å²) >= 11 is 0. The van der Waals surface area contributed by atoms with Gasteiger partial charge in [0.15, 0.2) is 0 Å². The van der Waals surface area contributed by atoms with E-state index in [2.05, 4.69) is 9.88 Å². The number of piperidine rings is 1. The van der Waals surface area contributed by atoms with Crippen LogP contribution in [0.3, 0.4) is 0 Å². The highest BCUT2D eigenvalue weighted by Crippen LogP contribution is 2.51. The fourth-order valence-corrected chi connectivity index (χ4v) is 6.89. The Kier molecular flexibility index (Phi) is 5.13. The molecule has 1 aromatic heterocycles. The molecule has 1 aliphatic carbocycles. The van der Waals surface area contributed by atoms with Gasteiger partial charge in [-0.25, -0.2) is 0 Å². The summed E-state index contributed by atoms with van der Waals surface area (Å²) in [6.07, 6.45) is 11.2. The molecule has 6 heteroatoms. The van der Waals surface area contributed by atoms with Gasteiger partial charge in [-0.05, 0) is 62.1 Å². The van der Waals surface area contributed by atoms with Gasteiger partial charge in [-0.3, -0.25) is 9.78 Å². The van der Waals surface area contributed by atoms with E-state index < -0.39 is 5.91 Å². The molecule has 1 aromatic rings. The molecule has 3 saturated heterocycles. The average Bonchev–Trinajstić information content (AvgIpc) is 3.05. The Morgan fingerprint density at radius 2 is 1.93 bits per heavy atom. The first-order valence-corrected chi connectivity index (χ1v) is 11.3. The monoisotopic (exact) mass is 399 g/mol. The number of rotatable bonds is 5. The Balaban J connectivity index is 1.37. The first-order chi connectivity index (χ1) is 14.1. The topological polar surface area (TPSA) is 77.7 Å². The highest BCUT2D eigenvalue weighted by Gasteiger charge is 2.53. The fourth-order valence-electron chi connectivity index (χ4n) is 6.89. The molecule has 4 aliphatic rings. The van der Waals surface area contributed by atoms with Crippen LogP contribution in [0.5, 0.6) is 0 Å². The van der Waals surface area contributed by atoms with Crippen molar-refractivity contribution in [2.45, 2.75) is 62.8 Å². The number of aromatic nitrogens is 1. The van der Waals surface area contributed by atoms with Gasteiger partial charge in [-0.15, -0.1) is 0 Å². The Labute approximate surface area is 173 Å². The molecule has 4 atom stereocenters. The van der Waals surface area contributed by atoms with E-state index in [-0.39, 0.29) is 5.60 Å². The lowest BCUT2D eigenvalue weighted by atomic mass is 9.62. The highest BCUT2D eigenvalue weighted by molar-refractivity contribution is 5.90. The van der Waals surface area contributed by atoms with Crippen molar-refractivity contribution >= 4 is 5.91 Å².